The summed E-state index contributed by atoms with van der Waals surface area (Å²) < 4.78 is 19.7. The van der Waals surface area contributed by atoms with Crippen molar-refractivity contribution < 1.29 is 9.13 Å². The first-order chi connectivity index (χ1) is 14.1. The molecule has 2 aromatic carbocycles. The summed E-state index contributed by atoms with van der Waals surface area (Å²) in [6, 6.07) is 13.5. The van der Waals surface area contributed by atoms with Crippen LogP contribution in [0, 0.1) is 5.82 Å². The summed E-state index contributed by atoms with van der Waals surface area (Å²) >= 11 is 5.79. The van der Waals surface area contributed by atoms with Crippen molar-refractivity contribution in [1.82, 2.24) is 25.6 Å². The topological polar surface area (TPSA) is 96.5 Å². The number of ether oxygens (including phenoxy) is 1. The van der Waals surface area contributed by atoms with E-state index in [2.05, 4.69) is 25.6 Å². The van der Waals surface area contributed by atoms with E-state index in [1.807, 2.05) is 12.1 Å². The number of nitrogens with one attached hydrogen (secondary N) is 2. The highest BCUT2D eigenvalue weighted by molar-refractivity contribution is 6.30. The third-order valence-electron chi connectivity index (χ3n) is 4.32. The molecule has 0 radical (unpaired) electrons. The lowest BCUT2D eigenvalue weighted by Gasteiger charge is -2.08. The van der Waals surface area contributed by atoms with Crippen LogP contribution in [0.2, 0.25) is 5.02 Å². The fourth-order valence-electron chi connectivity index (χ4n) is 2.83. The summed E-state index contributed by atoms with van der Waals surface area (Å²) in [7, 11) is 0. The Labute approximate surface area is 169 Å². The van der Waals surface area contributed by atoms with Crippen LogP contribution in [0.1, 0.15) is 17.0 Å². The molecular formula is C20H15ClFN5O2. The van der Waals surface area contributed by atoms with Gasteiger partial charge in [0.15, 0.2) is 6.61 Å². The van der Waals surface area contributed by atoms with E-state index in [0.29, 0.717) is 27.7 Å². The van der Waals surface area contributed by atoms with Crippen LogP contribution in [0.15, 0.2) is 59.5 Å². The van der Waals surface area contributed by atoms with Gasteiger partial charge in [-0.15, -0.1) is 10.2 Å². The second kappa shape index (κ2) is 8.24. The number of H-pyrrole nitrogens is 2. The molecule has 0 aliphatic carbocycles. The predicted octanol–water partition coefficient (Wildman–Crippen LogP) is 3.52. The van der Waals surface area contributed by atoms with Gasteiger partial charge in [-0.25, -0.2) is 4.39 Å². The Hall–Kier alpha value is -3.52. The highest BCUT2D eigenvalue weighted by atomic mass is 35.5. The van der Waals surface area contributed by atoms with Crippen molar-refractivity contribution in [1.29, 1.82) is 0 Å². The molecule has 4 rings (SSSR count). The maximum Gasteiger partial charge on any atom is 0.251 e. The Bertz CT molecular complexity index is 1180. The molecule has 0 fully saturated rings. The van der Waals surface area contributed by atoms with Gasteiger partial charge in [0.2, 0.25) is 5.82 Å². The van der Waals surface area contributed by atoms with Gasteiger partial charge in [-0.2, -0.15) is 5.21 Å². The zero-order chi connectivity index (χ0) is 20.2. The molecule has 0 bridgehead atoms. The first-order valence-electron chi connectivity index (χ1n) is 8.69. The van der Waals surface area contributed by atoms with Crippen LogP contribution < -0.4 is 10.3 Å². The third kappa shape index (κ3) is 4.49. The number of halogens is 2. The van der Waals surface area contributed by atoms with Crippen molar-refractivity contribution in [2.45, 2.75) is 13.0 Å². The Morgan fingerprint density at radius 2 is 1.86 bits per heavy atom. The summed E-state index contributed by atoms with van der Waals surface area (Å²) in [6.45, 7) is 0.200. The second-order valence-corrected chi connectivity index (χ2v) is 6.73. The Kier molecular flexibility index (Phi) is 5.35. The monoisotopic (exact) mass is 411 g/mol. The van der Waals surface area contributed by atoms with Crippen molar-refractivity contribution in [3.05, 3.63) is 92.9 Å². The Morgan fingerprint density at radius 1 is 1.03 bits per heavy atom. The molecule has 29 heavy (non-hydrogen) atoms. The minimum atomic E-state index is -0.439. The van der Waals surface area contributed by atoms with Gasteiger partial charge in [-0.3, -0.25) is 4.79 Å². The minimum Gasteiger partial charge on any atom is -0.485 e. The number of aromatic amines is 2. The second-order valence-electron chi connectivity index (χ2n) is 6.30. The molecule has 2 N–H and O–H groups in total. The van der Waals surface area contributed by atoms with E-state index in [9.17, 15) is 9.18 Å². The van der Waals surface area contributed by atoms with Gasteiger partial charge in [-0.1, -0.05) is 35.0 Å². The predicted molar refractivity (Wildman–Crippen MR) is 105 cm³/mol. The van der Waals surface area contributed by atoms with E-state index in [0.717, 1.165) is 11.1 Å². The molecule has 2 heterocycles. The molecule has 2 aromatic heterocycles. The van der Waals surface area contributed by atoms with Crippen LogP contribution in [0.25, 0.3) is 11.1 Å². The average molecular weight is 412 g/mol. The molecule has 146 valence electrons. The zero-order valence-corrected chi connectivity index (χ0v) is 15.8. The number of hydrogen-bond acceptors (Lipinski definition) is 5. The largest absolute Gasteiger partial charge is 0.485 e. The van der Waals surface area contributed by atoms with E-state index in [1.54, 1.807) is 36.5 Å². The number of benzene rings is 2. The highest BCUT2D eigenvalue weighted by Gasteiger charge is 2.09. The van der Waals surface area contributed by atoms with Crippen LogP contribution in [-0.2, 0) is 13.0 Å². The Balaban J connectivity index is 1.52. The lowest BCUT2D eigenvalue weighted by Crippen LogP contribution is -2.13. The molecule has 9 heteroatoms. The lowest BCUT2D eigenvalue weighted by atomic mass is 10.0. The van der Waals surface area contributed by atoms with Gasteiger partial charge in [0.1, 0.15) is 11.6 Å². The molecule has 0 spiro atoms. The van der Waals surface area contributed by atoms with E-state index in [1.165, 1.54) is 6.07 Å². The van der Waals surface area contributed by atoms with Crippen molar-refractivity contribution in [3.63, 3.8) is 0 Å². The van der Waals surface area contributed by atoms with Crippen LogP contribution in [-0.4, -0.2) is 25.6 Å². The summed E-state index contributed by atoms with van der Waals surface area (Å²) in [5.41, 5.74) is 2.29. The lowest BCUT2D eigenvalue weighted by molar-refractivity contribution is 0.296. The van der Waals surface area contributed by atoms with Crippen molar-refractivity contribution in [3.8, 4) is 16.9 Å². The molecule has 0 unspecified atom stereocenters. The number of aromatic nitrogens is 5. The van der Waals surface area contributed by atoms with Crippen LogP contribution in [0.4, 0.5) is 4.39 Å². The van der Waals surface area contributed by atoms with Gasteiger partial charge in [0.25, 0.3) is 5.56 Å². The number of rotatable bonds is 6. The first kappa shape index (κ1) is 18.8. The van der Waals surface area contributed by atoms with Crippen molar-refractivity contribution in [2.24, 2.45) is 0 Å². The van der Waals surface area contributed by atoms with Crippen LogP contribution in [0.3, 0.4) is 0 Å². The van der Waals surface area contributed by atoms with Crippen molar-refractivity contribution >= 4 is 11.6 Å². The zero-order valence-electron chi connectivity index (χ0n) is 15.0. The van der Waals surface area contributed by atoms with Gasteiger partial charge in [0, 0.05) is 23.2 Å². The number of nitrogens with zero attached hydrogens (tertiary/aromatic N) is 3. The van der Waals surface area contributed by atoms with Gasteiger partial charge >= 0.3 is 0 Å². The average Bonchev–Trinajstić information content (AvgIpc) is 3.24. The highest BCUT2D eigenvalue weighted by Crippen LogP contribution is 2.23. The first-order valence-corrected chi connectivity index (χ1v) is 9.07. The molecule has 0 aliphatic heterocycles. The maximum atomic E-state index is 14.1. The van der Waals surface area contributed by atoms with Crippen LogP contribution in [0.5, 0.6) is 5.75 Å². The quantitative estimate of drug-likeness (QED) is 0.506. The van der Waals surface area contributed by atoms with Gasteiger partial charge < -0.3 is 9.72 Å². The summed E-state index contributed by atoms with van der Waals surface area (Å²) in [4.78, 5) is 14.9. The number of tetrazole rings is 1. The van der Waals surface area contributed by atoms with Gasteiger partial charge in [0.05, 0.1) is 0 Å². The number of hydrogen-bond donors (Lipinski definition) is 2. The molecule has 0 atom stereocenters. The van der Waals surface area contributed by atoms with E-state index >= 15 is 0 Å². The third-order valence-corrected chi connectivity index (χ3v) is 4.56. The standard InChI is InChI=1S/C20H15ClFN5O2/c21-16-4-1-13(18(22)9-16)7-14-8-15(10-23-20(14)28)12-2-5-17(6-3-12)29-11-19-24-26-27-25-19/h1-6,8-10H,7,11H2,(H,23,28)(H,24,25,26,27). The number of pyridine rings is 1. The van der Waals surface area contributed by atoms with Crippen LogP contribution >= 0.6 is 11.6 Å². The summed E-state index contributed by atoms with van der Waals surface area (Å²) in [5.74, 6) is 0.658. The smallest absolute Gasteiger partial charge is 0.251 e. The Morgan fingerprint density at radius 3 is 2.59 bits per heavy atom. The molecule has 0 saturated heterocycles. The molecule has 4 aromatic rings. The van der Waals surface area contributed by atoms with E-state index < -0.39 is 5.82 Å². The maximum absolute atomic E-state index is 14.1. The van der Waals surface area contributed by atoms with E-state index in [4.69, 9.17) is 16.3 Å². The fraction of sp³-hybridized carbons (Fsp3) is 0.100. The molecule has 0 amide bonds. The SMILES string of the molecule is O=c1[nH]cc(-c2ccc(OCc3nn[nH]n3)cc2)cc1Cc1ccc(Cl)cc1F. The summed E-state index contributed by atoms with van der Waals surface area (Å²) in [5, 5.41) is 13.8. The molecule has 0 saturated carbocycles. The fourth-order valence-corrected chi connectivity index (χ4v) is 2.99. The van der Waals surface area contributed by atoms with Crippen molar-refractivity contribution in [2.75, 3.05) is 0 Å². The van der Waals surface area contributed by atoms with Gasteiger partial charge in [-0.05, 0) is 47.0 Å². The molecule has 0 aliphatic rings. The van der Waals surface area contributed by atoms with E-state index in [-0.39, 0.29) is 18.6 Å². The molecule has 7 nitrogen and oxygen atoms in total. The minimum absolute atomic E-state index is 0.165. The normalized spacial score (nSPS) is 10.8. The molecular weight excluding hydrogens is 397 g/mol. The summed E-state index contributed by atoms with van der Waals surface area (Å²) in [6.07, 6.45) is 1.79.